The van der Waals surface area contributed by atoms with Gasteiger partial charge in [0, 0.05) is 16.6 Å². The Bertz CT molecular complexity index is 764. The zero-order chi connectivity index (χ0) is 14.8. The van der Waals surface area contributed by atoms with Crippen molar-refractivity contribution in [3.63, 3.8) is 0 Å². The third kappa shape index (κ3) is 2.68. The molecule has 0 bridgehead atoms. The molecule has 0 aliphatic carbocycles. The molecule has 0 aliphatic heterocycles. The smallest absolute Gasteiger partial charge is 0.253 e. The number of fused-ring (bicyclic) bond motifs is 1. The van der Waals surface area contributed by atoms with Crippen LogP contribution in [0.2, 0.25) is 0 Å². The van der Waals surface area contributed by atoms with Crippen LogP contribution in [0.5, 0.6) is 0 Å². The lowest BCUT2D eigenvalue weighted by atomic mass is 10.1. The molecule has 0 spiro atoms. The first-order chi connectivity index (χ1) is 10.2. The zero-order valence-electron chi connectivity index (χ0n) is 11.5. The van der Waals surface area contributed by atoms with Crippen LogP contribution in [-0.2, 0) is 6.42 Å². The summed E-state index contributed by atoms with van der Waals surface area (Å²) in [6.07, 6.45) is -0.164. The average molecular weight is 301 g/mol. The van der Waals surface area contributed by atoms with Gasteiger partial charge in [-0.15, -0.1) is 11.3 Å². The lowest BCUT2D eigenvalue weighted by molar-refractivity contribution is 0.0791. The van der Waals surface area contributed by atoms with E-state index in [1.54, 1.807) is 24.3 Å². The maximum Gasteiger partial charge on any atom is 0.253 e. The first kappa shape index (κ1) is 13.8. The van der Waals surface area contributed by atoms with Gasteiger partial charge in [-0.25, -0.2) is 0 Å². The number of carbonyl (C=O) groups is 1. The molecule has 0 radical (unpaired) electrons. The first-order valence-corrected chi connectivity index (χ1v) is 7.56. The summed E-state index contributed by atoms with van der Waals surface area (Å²) in [5.74, 6) is -0.305. The number of aliphatic hydroxyl groups excluding tert-OH is 1. The fraction of sp³-hybridized carbons (Fsp3) is 0.200. The molecule has 5 nitrogen and oxygen atoms in total. The van der Waals surface area contributed by atoms with Crippen molar-refractivity contribution in [3.8, 4) is 0 Å². The molecule has 1 aromatic carbocycles. The highest BCUT2D eigenvalue weighted by molar-refractivity contribution is 7.10. The van der Waals surface area contributed by atoms with Gasteiger partial charge in [0.25, 0.3) is 5.91 Å². The summed E-state index contributed by atoms with van der Waals surface area (Å²) in [7, 11) is 0. The molecule has 0 saturated heterocycles. The molecule has 108 valence electrons. The summed E-state index contributed by atoms with van der Waals surface area (Å²) in [5.41, 5.74) is 2.34. The Labute approximate surface area is 125 Å². The van der Waals surface area contributed by atoms with Crippen molar-refractivity contribution in [2.75, 3.05) is 0 Å². The number of aromatic amines is 1. The quantitative estimate of drug-likeness (QED) is 0.648. The second kappa shape index (κ2) is 5.67. The maximum atomic E-state index is 12.2. The molecule has 3 aromatic rings. The van der Waals surface area contributed by atoms with Gasteiger partial charge in [-0.3, -0.25) is 9.89 Å². The number of nitrogens with one attached hydrogen (secondary N) is 2. The fourth-order valence-electron chi connectivity index (χ4n) is 2.20. The standard InChI is InChI=1S/C15H15N3O2S/c1-2-11-10-8-9(5-6-12(10)18-17-11)14(19)16-15(20)13-4-3-7-21-13/h3-8,15,20H,2H2,1H3,(H,16,19)(H,17,18). The van der Waals surface area contributed by atoms with Gasteiger partial charge in [-0.05, 0) is 36.1 Å². The average Bonchev–Trinajstić information content (AvgIpc) is 3.15. The minimum Gasteiger partial charge on any atom is -0.369 e. The molecular formula is C15H15N3O2S. The Morgan fingerprint density at radius 2 is 2.33 bits per heavy atom. The summed E-state index contributed by atoms with van der Waals surface area (Å²) >= 11 is 1.40. The summed E-state index contributed by atoms with van der Waals surface area (Å²) in [4.78, 5) is 12.9. The molecule has 1 unspecified atom stereocenters. The number of hydrogen-bond donors (Lipinski definition) is 3. The topological polar surface area (TPSA) is 78.0 Å². The fourth-order valence-corrected chi connectivity index (χ4v) is 2.86. The number of nitrogens with zero attached hydrogens (tertiary/aromatic N) is 1. The summed E-state index contributed by atoms with van der Waals surface area (Å²) in [5, 5.41) is 22.5. The number of aliphatic hydroxyl groups is 1. The van der Waals surface area contributed by atoms with Crippen molar-refractivity contribution in [2.45, 2.75) is 19.6 Å². The number of benzene rings is 1. The zero-order valence-corrected chi connectivity index (χ0v) is 12.3. The van der Waals surface area contributed by atoms with Crippen molar-refractivity contribution in [1.29, 1.82) is 0 Å². The third-order valence-corrected chi connectivity index (χ3v) is 4.25. The lowest BCUT2D eigenvalue weighted by Gasteiger charge is -2.11. The van der Waals surface area contributed by atoms with Crippen LogP contribution in [0, 0.1) is 0 Å². The molecular weight excluding hydrogens is 286 g/mol. The van der Waals surface area contributed by atoms with Crippen molar-refractivity contribution < 1.29 is 9.90 Å². The van der Waals surface area contributed by atoms with E-state index in [1.807, 2.05) is 18.4 Å². The molecule has 6 heteroatoms. The van der Waals surface area contributed by atoms with E-state index in [9.17, 15) is 9.90 Å². The number of thiophene rings is 1. The number of aryl methyl sites for hydroxylation is 1. The molecule has 1 atom stereocenters. The molecule has 0 saturated carbocycles. The third-order valence-electron chi connectivity index (χ3n) is 3.33. The Morgan fingerprint density at radius 1 is 1.48 bits per heavy atom. The highest BCUT2D eigenvalue weighted by Gasteiger charge is 2.15. The maximum absolute atomic E-state index is 12.2. The van der Waals surface area contributed by atoms with Crippen LogP contribution >= 0.6 is 11.3 Å². The van der Waals surface area contributed by atoms with Crippen LogP contribution in [0.25, 0.3) is 10.9 Å². The van der Waals surface area contributed by atoms with E-state index in [2.05, 4.69) is 15.5 Å². The van der Waals surface area contributed by atoms with Crippen LogP contribution in [-0.4, -0.2) is 21.2 Å². The summed E-state index contributed by atoms with van der Waals surface area (Å²) < 4.78 is 0. The second-order valence-electron chi connectivity index (χ2n) is 4.68. The number of rotatable bonds is 4. The van der Waals surface area contributed by atoms with Crippen LogP contribution in [0.15, 0.2) is 35.7 Å². The minimum atomic E-state index is -0.983. The van der Waals surface area contributed by atoms with E-state index in [4.69, 9.17) is 0 Å². The minimum absolute atomic E-state index is 0.305. The van der Waals surface area contributed by atoms with Gasteiger partial charge in [0.2, 0.25) is 0 Å². The van der Waals surface area contributed by atoms with Crippen molar-refractivity contribution in [2.24, 2.45) is 0 Å². The molecule has 3 N–H and O–H groups in total. The van der Waals surface area contributed by atoms with E-state index in [0.29, 0.717) is 10.4 Å². The molecule has 0 aliphatic rings. The van der Waals surface area contributed by atoms with E-state index < -0.39 is 6.23 Å². The van der Waals surface area contributed by atoms with E-state index in [0.717, 1.165) is 23.0 Å². The van der Waals surface area contributed by atoms with E-state index in [-0.39, 0.29) is 5.91 Å². The van der Waals surface area contributed by atoms with Gasteiger partial charge in [-0.1, -0.05) is 13.0 Å². The van der Waals surface area contributed by atoms with Gasteiger partial charge in [-0.2, -0.15) is 5.10 Å². The van der Waals surface area contributed by atoms with Crippen molar-refractivity contribution >= 4 is 28.1 Å². The predicted octanol–water partition coefficient (Wildman–Crippen LogP) is 2.61. The van der Waals surface area contributed by atoms with Gasteiger partial charge < -0.3 is 10.4 Å². The van der Waals surface area contributed by atoms with Gasteiger partial charge in [0.1, 0.15) is 0 Å². The van der Waals surface area contributed by atoms with E-state index in [1.165, 1.54) is 11.3 Å². The van der Waals surface area contributed by atoms with Crippen LogP contribution in [0.4, 0.5) is 0 Å². The SMILES string of the molecule is CCc1[nH]nc2ccc(C(=O)NC(O)c3cccs3)cc12. The lowest BCUT2D eigenvalue weighted by Crippen LogP contribution is -2.27. The highest BCUT2D eigenvalue weighted by Crippen LogP contribution is 2.20. The summed E-state index contributed by atoms with van der Waals surface area (Å²) in [6, 6.07) is 8.93. The second-order valence-corrected chi connectivity index (χ2v) is 5.66. The largest absolute Gasteiger partial charge is 0.369 e. The molecule has 2 aromatic heterocycles. The molecule has 0 fully saturated rings. The van der Waals surface area contributed by atoms with Crippen LogP contribution < -0.4 is 5.32 Å². The Balaban J connectivity index is 1.84. The molecule has 1 amide bonds. The summed E-state index contributed by atoms with van der Waals surface area (Å²) in [6.45, 7) is 2.03. The molecule has 3 rings (SSSR count). The van der Waals surface area contributed by atoms with Gasteiger partial charge >= 0.3 is 0 Å². The number of aromatic nitrogens is 2. The number of hydrogen-bond acceptors (Lipinski definition) is 4. The van der Waals surface area contributed by atoms with E-state index >= 15 is 0 Å². The van der Waals surface area contributed by atoms with Gasteiger partial charge in [0.05, 0.1) is 10.4 Å². The Hall–Kier alpha value is -2.18. The molecule has 21 heavy (non-hydrogen) atoms. The number of H-pyrrole nitrogens is 1. The highest BCUT2D eigenvalue weighted by atomic mass is 32.1. The Morgan fingerprint density at radius 3 is 3.05 bits per heavy atom. The monoisotopic (exact) mass is 301 g/mol. The normalized spacial score (nSPS) is 12.5. The van der Waals surface area contributed by atoms with Crippen molar-refractivity contribution in [1.82, 2.24) is 15.5 Å². The first-order valence-electron chi connectivity index (χ1n) is 6.68. The Kier molecular flexibility index (Phi) is 3.72. The number of carbonyl (C=O) groups excluding carboxylic acids is 1. The van der Waals surface area contributed by atoms with Gasteiger partial charge in [0.15, 0.2) is 6.23 Å². The van der Waals surface area contributed by atoms with Crippen molar-refractivity contribution in [3.05, 3.63) is 51.8 Å². The predicted molar refractivity (Wildman–Crippen MR) is 82.2 cm³/mol. The molecule has 2 heterocycles. The van der Waals surface area contributed by atoms with Crippen LogP contribution in [0.1, 0.15) is 34.1 Å². The number of amides is 1. The van der Waals surface area contributed by atoms with Crippen LogP contribution in [0.3, 0.4) is 0 Å².